The Morgan fingerprint density at radius 2 is 1.92 bits per heavy atom. The summed E-state index contributed by atoms with van der Waals surface area (Å²) in [5.41, 5.74) is 0.168. The van der Waals surface area contributed by atoms with Gasteiger partial charge in [-0.1, -0.05) is 19.0 Å². The normalized spacial score (nSPS) is 12.1. The van der Waals surface area contributed by atoms with Gasteiger partial charge in [0.15, 0.2) is 11.9 Å². The number of ether oxygens (including phenoxy) is 1. The fourth-order valence-corrected chi connectivity index (χ4v) is 2.13. The molecule has 6 nitrogen and oxygen atoms in total. The molecule has 1 amide bonds. The molecule has 1 heterocycles. The van der Waals surface area contributed by atoms with Crippen LogP contribution in [0.2, 0.25) is 0 Å². The van der Waals surface area contributed by atoms with E-state index in [1.807, 2.05) is 13.8 Å². The lowest BCUT2D eigenvalue weighted by atomic mass is 10.1. The number of benzene rings is 1. The monoisotopic (exact) mass is 352 g/mol. The maximum atomic E-state index is 13.6. The predicted octanol–water partition coefficient (Wildman–Crippen LogP) is 3.57. The third kappa shape index (κ3) is 4.20. The van der Waals surface area contributed by atoms with Crippen molar-refractivity contribution in [2.24, 2.45) is 0 Å². The topological polar surface area (TPSA) is 81.4 Å². The first-order valence-electron chi connectivity index (χ1n) is 7.63. The molecule has 2 rings (SSSR count). The van der Waals surface area contributed by atoms with Gasteiger partial charge in [0.05, 0.1) is 11.4 Å². The third-order valence-electron chi connectivity index (χ3n) is 3.46. The second-order valence-corrected chi connectivity index (χ2v) is 5.82. The van der Waals surface area contributed by atoms with Crippen LogP contribution in [0.4, 0.5) is 14.5 Å². The predicted molar refractivity (Wildman–Crippen MR) is 85.2 cm³/mol. The molecule has 0 aliphatic rings. The fraction of sp³-hybridized carbons (Fsp3) is 0.353. The van der Waals surface area contributed by atoms with Crippen molar-refractivity contribution in [3.63, 3.8) is 0 Å². The van der Waals surface area contributed by atoms with E-state index in [1.165, 1.54) is 6.92 Å². The average Bonchev–Trinajstić information content (AvgIpc) is 2.92. The number of hydrogen-bond donors (Lipinski definition) is 1. The molecule has 0 spiro atoms. The number of nitrogens with zero attached hydrogens (tertiary/aromatic N) is 1. The first kappa shape index (κ1) is 18.6. The highest BCUT2D eigenvalue weighted by molar-refractivity contribution is 5.98. The zero-order valence-electron chi connectivity index (χ0n) is 14.2. The van der Waals surface area contributed by atoms with E-state index in [0.29, 0.717) is 11.5 Å². The van der Waals surface area contributed by atoms with Gasteiger partial charge in [0.1, 0.15) is 17.2 Å². The Labute approximate surface area is 143 Å². The van der Waals surface area contributed by atoms with Crippen molar-refractivity contribution in [2.75, 3.05) is 5.32 Å². The minimum Gasteiger partial charge on any atom is -0.449 e. The van der Waals surface area contributed by atoms with Crippen LogP contribution in [0, 0.1) is 18.6 Å². The second kappa shape index (κ2) is 7.42. The molecule has 0 unspecified atom stereocenters. The zero-order valence-corrected chi connectivity index (χ0v) is 14.2. The molecule has 0 saturated heterocycles. The lowest BCUT2D eigenvalue weighted by Crippen LogP contribution is -2.30. The van der Waals surface area contributed by atoms with Crippen LogP contribution in [-0.4, -0.2) is 23.1 Å². The minimum atomic E-state index is -1.23. The van der Waals surface area contributed by atoms with Crippen molar-refractivity contribution < 1.29 is 27.6 Å². The summed E-state index contributed by atoms with van der Waals surface area (Å²) in [5, 5.41) is 5.92. The summed E-state index contributed by atoms with van der Waals surface area (Å²) in [7, 11) is 0. The molecule has 1 N–H and O–H groups in total. The number of aryl methyl sites for hydroxylation is 1. The molecule has 1 aromatic heterocycles. The van der Waals surface area contributed by atoms with Crippen molar-refractivity contribution >= 4 is 17.6 Å². The fourth-order valence-electron chi connectivity index (χ4n) is 2.13. The van der Waals surface area contributed by atoms with Gasteiger partial charge in [-0.25, -0.2) is 13.6 Å². The average molecular weight is 352 g/mol. The van der Waals surface area contributed by atoms with Crippen LogP contribution in [0.5, 0.6) is 0 Å². The van der Waals surface area contributed by atoms with E-state index < -0.39 is 29.6 Å². The molecule has 2 aromatic rings. The Kier molecular flexibility index (Phi) is 5.51. The summed E-state index contributed by atoms with van der Waals surface area (Å²) in [5.74, 6) is -2.82. The van der Waals surface area contributed by atoms with E-state index in [0.717, 1.165) is 18.2 Å². The Morgan fingerprint density at radius 1 is 1.24 bits per heavy atom. The van der Waals surface area contributed by atoms with Gasteiger partial charge in [0, 0.05) is 12.0 Å². The summed E-state index contributed by atoms with van der Waals surface area (Å²) in [6.07, 6.45) is -1.23. The van der Waals surface area contributed by atoms with Crippen LogP contribution in [0.25, 0.3) is 0 Å². The maximum absolute atomic E-state index is 13.6. The number of carbonyl (C=O) groups excluding carboxylic acids is 2. The molecule has 0 aliphatic heterocycles. The second-order valence-electron chi connectivity index (χ2n) is 5.82. The summed E-state index contributed by atoms with van der Waals surface area (Å²) >= 11 is 0. The number of amides is 1. The van der Waals surface area contributed by atoms with Gasteiger partial charge in [-0.15, -0.1) is 0 Å². The van der Waals surface area contributed by atoms with Gasteiger partial charge in [-0.3, -0.25) is 4.79 Å². The quantitative estimate of drug-likeness (QED) is 0.832. The number of esters is 1. The Hall–Kier alpha value is -2.77. The first-order chi connectivity index (χ1) is 11.7. The van der Waals surface area contributed by atoms with Gasteiger partial charge in [0.2, 0.25) is 0 Å². The van der Waals surface area contributed by atoms with Crippen LogP contribution in [-0.2, 0) is 9.53 Å². The molecule has 134 valence electrons. The Bertz CT molecular complexity index is 802. The van der Waals surface area contributed by atoms with E-state index in [-0.39, 0.29) is 17.2 Å². The van der Waals surface area contributed by atoms with Gasteiger partial charge in [0.25, 0.3) is 5.91 Å². The van der Waals surface area contributed by atoms with Crippen molar-refractivity contribution in [3.05, 3.63) is 46.9 Å². The number of anilines is 1. The highest BCUT2D eigenvalue weighted by Crippen LogP contribution is 2.23. The molecular formula is C17H18F2N2O4. The maximum Gasteiger partial charge on any atom is 0.344 e. The SMILES string of the molecule is Cc1noc(C(C)C)c1C(=O)O[C@@H](C)C(=O)Nc1cc(F)ccc1F. The highest BCUT2D eigenvalue weighted by Gasteiger charge is 2.27. The van der Waals surface area contributed by atoms with Gasteiger partial charge in [-0.2, -0.15) is 0 Å². The largest absolute Gasteiger partial charge is 0.449 e. The molecule has 0 radical (unpaired) electrons. The van der Waals surface area contributed by atoms with Crippen molar-refractivity contribution in [1.29, 1.82) is 0 Å². The van der Waals surface area contributed by atoms with Crippen LogP contribution in [0.15, 0.2) is 22.7 Å². The Morgan fingerprint density at radius 3 is 2.56 bits per heavy atom. The molecule has 1 atom stereocenters. The van der Waals surface area contributed by atoms with Gasteiger partial charge < -0.3 is 14.6 Å². The molecule has 1 aromatic carbocycles. The van der Waals surface area contributed by atoms with Crippen LogP contribution in [0.1, 0.15) is 48.5 Å². The summed E-state index contributed by atoms with van der Waals surface area (Å²) in [6, 6.07) is 2.65. The molecule has 8 heteroatoms. The molecular weight excluding hydrogens is 334 g/mol. The van der Waals surface area contributed by atoms with Gasteiger partial charge in [-0.05, 0) is 26.0 Å². The lowest BCUT2D eigenvalue weighted by Gasteiger charge is -2.14. The van der Waals surface area contributed by atoms with Gasteiger partial charge >= 0.3 is 5.97 Å². The molecule has 0 saturated carbocycles. The van der Waals surface area contributed by atoms with E-state index >= 15 is 0 Å². The minimum absolute atomic E-state index is 0.103. The summed E-state index contributed by atoms with van der Waals surface area (Å²) < 4.78 is 36.9. The van der Waals surface area contributed by atoms with Crippen molar-refractivity contribution in [3.8, 4) is 0 Å². The molecule has 0 bridgehead atoms. The van der Waals surface area contributed by atoms with E-state index in [9.17, 15) is 18.4 Å². The number of halogens is 2. The highest BCUT2D eigenvalue weighted by atomic mass is 19.1. The lowest BCUT2D eigenvalue weighted by molar-refractivity contribution is -0.123. The van der Waals surface area contributed by atoms with E-state index in [1.54, 1.807) is 6.92 Å². The zero-order chi connectivity index (χ0) is 18.7. The molecule has 0 aliphatic carbocycles. The molecule has 25 heavy (non-hydrogen) atoms. The smallest absolute Gasteiger partial charge is 0.344 e. The number of nitrogens with one attached hydrogen (secondary N) is 1. The number of rotatable bonds is 5. The third-order valence-corrected chi connectivity index (χ3v) is 3.46. The van der Waals surface area contributed by atoms with Crippen LogP contribution >= 0.6 is 0 Å². The number of carbonyl (C=O) groups is 2. The van der Waals surface area contributed by atoms with Crippen LogP contribution < -0.4 is 5.32 Å². The summed E-state index contributed by atoms with van der Waals surface area (Å²) in [4.78, 5) is 24.4. The van der Waals surface area contributed by atoms with Crippen LogP contribution in [0.3, 0.4) is 0 Å². The van der Waals surface area contributed by atoms with Crippen molar-refractivity contribution in [1.82, 2.24) is 5.16 Å². The molecule has 0 fully saturated rings. The summed E-state index contributed by atoms with van der Waals surface area (Å²) in [6.45, 7) is 6.54. The van der Waals surface area contributed by atoms with E-state index in [2.05, 4.69) is 10.5 Å². The number of hydrogen-bond acceptors (Lipinski definition) is 5. The standard InChI is InChI=1S/C17H18F2N2O4/c1-8(2)15-14(9(3)21-25-15)17(23)24-10(4)16(22)20-13-7-11(18)5-6-12(13)19/h5-8,10H,1-4H3,(H,20,22)/t10-/m0/s1. The van der Waals surface area contributed by atoms with Crippen molar-refractivity contribution in [2.45, 2.75) is 39.7 Å². The van der Waals surface area contributed by atoms with E-state index in [4.69, 9.17) is 9.26 Å². The first-order valence-corrected chi connectivity index (χ1v) is 7.63. The Balaban J connectivity index is 2.10. The number of aromatic nitrogens is 1.